The van der Waals surface area contributed by atoms with E-state index in [1.807, 2.05) is 0 Å². The third-order valence-corrected chi connectivity index (χ3v) is 4.63. The number of carbonyl (C=O) groups excluding carboxylic acids is 1. The number of piperidine rings is 1. The average molecular weight is 362 g/mol. The van der Waals surface area contributed by atoms with E-state index >= 15 is 0 Å². The minimum absolute atomic E-state index is 0.0197. The fourth-order valence-electron chi connectivity index (χ4n) is 3.29. The smallest absolute Gasteiger partial charge is 0.450 e. The molecule has 1 amide bonds. The zero-order chi connectivity index (χ0) is 18.7. The summed E-state index contributed by atoms with van der Waals surface area (Å²) in [6, 6.07) is 6.89. The maximum absolute atomic E-state index is 12.2. The van der Waals surface area contributed by atoms with Crippen LogP contribution >= 0.6 is 0 Å². The summed E-state index contributed by atoms with van der Waals surface area (Å²) >= 11 is 0. The van der Waals surface area contributed by atoms with Crippen LogP contribution in [0.1, 0.15) is 18.4 Å². The number of ether oxygens (including phenoxy) is 2. The van der Waals surface area contributed by atoms with Gasteiger partial charge >= 0.3 is 12.2 Å². The van der Waals surface area contributed by atoms with Crippen molar-refractivity contribution in [3.05, 3.63) is 29.8 Å². The number of amides is 1. The van der Waals surface area contributed by atoms with Gasteiger partial charge in [0.2, 0.25) is 0 Å². The van der Waals surface area contributed by atoms with Crippen molar-refractivity contribution < 1.29 is 24.2 Å². The fraction of sp³-hybridized carbons (Fsp3) is 0.471. The van der Waals surface area contributed by atoms with Crippen molar-refractivity contribution in [1.82, 2.24) is 4.90 Å². The number of nitrogens with zero attached hydrogens (tertiary/aromatic N) is 2. The summed E-state index contributed by atoms with van der Waals surface area (Å²) in [7, 11) is 0. The van der Waals surface area contributed by atoms with Gasteiger partial charge in [-0.15, -0.1) is 0 Å². The number of hydrogen-bond donors (Lipinski definition) is 3. The van der Waals surface area contributed by atoms with Gasteiger partial charge in [0, 0.05) is 30.9 Å². The summed E-state index contributed by atoms with van der Waals surface area (Å²) in [5.74, 6) is -0.0197. The molecule has 26 heavy (non-hydrogen) atoms. The summed E-state index contributed by atoms with van der Waals surface area (Å²) < 4.78 is 10.3. The van der Waals surface area contributed by atoms with Crippen LogP contribution in [0.25, 0.3) is 0 Å². The Hall–Kier alpha value is -2.81. The lowest BCUT2D eigenvalue weighted by atomic mass is 10.1. The monoisotopic (exact) mass is 362 g/mol. The van der Waals surface area contributed by atoms with Gasteiger partial charge in [-0.1, -0.05) is 0 Å². The van der Waals surface area contributed by atoms with Crippen LogP contribution in [0.2, 0.25) is 0 Å². The highest BCUT2D eigenvalue weighted by Gasteiger charge is 2.34. The maximum atomic E-state index is 12.2. The van der Waals surface area contributed by atoms with Crippen molar-refractivity contribution in [2.45, 2.75) is 25.0 Å². The van der Waals surface area contributed by atoms with Crippen LogP contribution in [-0.4, -0.2) is 66.5 Å². The minimum Gasteiger partial charge on any atom is -0.450 e. The molecule has 140 valence electrons. The van der Waals surface area contributed by atoms with Crippen LogP contribution in [0.4, 0.5) is 15.3 Å². The molecule has 9 nitrogen and oxygen atoms in total. The van der Waals surface area contributed by atoms with Crippen LogP contribution in [0.3, 0.4) is 0 Å². The molecule has 9 heteroatoms. The highest BCUT2D eigenvalue weighted by atomic mass is 16.7. The van der Waals surface area contributed by atoms with Gasteiger partial charge in [0.05, 0.1) is 6.54 Å². The molecule has 0 radical (unpaired) electrons. The third kappa shape index (κ3) is 4.23. The fourth-order valence-corrected chi connectivity index (χ4v) is 3.29. The molecule has 1 unspecified atom stereocenters. The number of anilines is 1. The molecule has 2 aliphatic rings. The largest absolute Gasteiger partial charge is 0.506 e. The van der Waals surface area contributed by atoms with E-state index in [0.29, 0.717) is 50.3 Å². The Balaban J connectivity index is 1.52. The number of cyclic esters (lactones) is 1. The molecular formula is C17H22N4O5. The molecule has 1 aromatic carbocycles. The average Bonchev–Trinajstić information content (AvgIpc) is 2.96. The number of rotatable bonds is 5. The summed E-state index contributed by atoms with van der Waals surface area (Å²) in [4.78, 5) is 26.4. The molecule has 0 aliphatic carbocycles. The quantitative estimate of drug-likeness (QED) is 0.411. The molecule has 2 aliphatic heterocycles. The first-order valence-electron chi connectivity index (χ1n) is 8.47. The molecule has 0 spiro atoms. The maximum Gasteiger partial charge on any atom is 0.506 e. The van der Waals surface area contributed by atoms with Gasteiger partial charge < -0.3 is 20.3 Å². The highest BCUT2D eigenvalue weighted by Crippen LogP contribution is 2.23. The summed E-state index contributed by atoms with van der Waals surface area (Å²) in [5, 5.41) is 16.1. The van der Waals surface area contributed by atoms with Gasteiger partial charge in [0.1, 0.15) is 18.0 Å². The highest BCUT2D eigenvalue weighted by molar-refractivity contribution is 5.96. The second-order valence-electron chi connectivity index (χ2n) is 6.46. The van der Waals surface area contributed by atoms with E-state index in [4.69, 9.17) is 25.7 Å². The molecule has 0 bridgehead atoms. The lowest BCUT2D eigenvalue weighted by Crippen LogP contribution is -2.42. The lowest BCUT2D eigenvalue weighted by molar-refractivity contribution is 0.0125. The van der Waals surface area contributed by atoms with E-state index in [2.05, 4.69) is 4.90 Å². The first-order chi connectivity index (χ1) is 12.4. The first kappa shape index (κ1) is 18.0. The van der Waals surface area contributed by atoms with Gasteiger partial charge in [-0.2, -0.15) is 0 Å². The number of nitrogens with two attached hydrogens (primary N) is 1. The minimum atomic E-state index is -1.24. The van der Waals surface area contributed by atoms with Crippen LogP contribution in [0, 0.1) is 5.41 Å². The van der Waals surface area contributed by atoms with Crippen LogP contribution < -0.4 is 10.6 Å². The Bertz CT molecular complexity index is 685. The third-order valence-electron chi connectivity index (χ3n) is 4.63. The van der Waals surface area contributed by atoms with E-state index in [0.717, 1.165) is 0 Å². The molecule has 0 aromatic heterocycles. The normalized spacial score (nSPS) is 21.5. The number of carboxylic acid groups (broad SMARTS) is 1. The van der Waals surface area contributed by atoms with Crippen LogP contribution in [0.5, 0.6) is 0 Å². The van der Waals surface area contributed by atoms with E-state index in [-0.39, 0.29) is 18.0 Å². The number of benzene rings is 1. The van der Waals surface area contributed by atoms with Crippen LogP contribution in [0.15, 0.2) is 24.3 Å². The van der Waals surface area contributed by atoms with E-state index < -0.39 is 12.2 Å². The van der Waals surface area contributed by atoms with Gasteiger partial charge in [0.15, 0.2) is 0 Å². The second kappa shape index (κ2) is 7.61. The second-order valence-corrected chi connectivity index (χ2v) is 6.46. The Morgan fingerprint density at radius 3 is 2.54 bits per heavy atom. The molecule has 2 fully saturated rings. The molecule has 3 rings (SSSR count). The zero-order valence-electron chi connectivity index (χ0n) is 14.3. The van der Waals surface area contributed by atoms with E-state index in [1.165, 1.54) is 0 Å². The number of nitrogen functional groups attached to an aromatic ring is 1. The number of nitrogens with one attached hydrogen (secondary N) is 1. The molecular weight excluding hydrogens is 340 g/mol. The van der Waals surface area contributed by atoms with Gasteiger partial charge in [-0.3, -0.25) is 15.2 Å². The Kier molecular flexibility index (Phi) is 5.27. The number of likely N-dealkylation sites (tertiary alicyclic amines) is 1. The Morgan fingerprint density at radius 2 is 1.96 bits per heavy atom. The van der Waals surface area contributed by atoms with Crippen molar-refractivity contribution in [2.75, 3.05) is 31.1 Å². The van der Waals surface area contributed by atoms with Crippen molar-refractivity contribution in [2.24, 2.45) is 5.73 Å². The SMILES string of the molecule is N=C(N)c1ccc(N2CC(CN3CCC(OC(=O)O)CC3)OC2=O)cc1. The first-order valence-corrected chi connectivity index (χ1v) is 8.47. The molecule has 1 atom stereocenters. The number of amidine groups is 1. The zero-order valence-corrected chi connectivity index (χ0v) is 14.3. The molecule has 1 aromatic rings. The Morgan fingerprint density at radius 1 is 1.31 bits per heavy atom. The van der Waals surface area contributed by atoms with Crippen molar-refractivity contribution in [3.8, 4) is 0 Å². The van der Waals surface area contributed by atoms with E-state index in [9.17, 15) is 9.59 Å². The van der Waals surface area contributed by atoms with Crippen molar-refractivity contribution in [1.29, 1.82) is 5.41 Å². The van der Waals surface area contributed by atoms with E-state index in [1.54, 1.807) is 29.2 Å². The van der Waals surface area contributed by atoms with Crippen molar-refractivity contribution in [3.63, 3.8) is 0 Å². The van der Waals surface area contributed by atoms with Gasteiger partial charge in [-0.25, -0.2) is 9.59 Å². The number of hydrogen-bond acceptors (Lipinski definition) is 6. The Labute approximate surface area is 150 Å². The van der Waals surface area contributed by atoms with Crippen LogP contribution in [-0.2, 0) is 9.47 Å². The molecule has 2 saturated heterocycles. The van der Waals surface area contributed by atoms with Crippen molar-refractivity contribution >= 4 is 23.8 Å². The topological polar surface area (TPSA) is 129 Å². The predicted octanol–water partition coefficient (Wildman–Crippen LogP) is 1.45. The van der Waals surface area contributed by atoms with Gasteiger partial charge in [0.25, 0.3) is 0 Å². The van der Waals surface area contributed by atoms with Gasteiger partial charge in [-0.05, 0) is 37.1 Å². The summed E-state index contributed by atoms with van der Waals surface area (Å²) in [6.07, 6.45) is -0.848. The summed E-state index contributed by atoms with van der Waals surface area (Å²) in [5.41, 5.74) is 6.74. The molecule has 2 heterocycles. The molecule has 0 saturated carbocycles. The standard InChI is InChI=1S/C17H22N4O5/c18-15(19)11-1-3-12(4-2-11)21-10-14(25-16(21)22)9-20-7-5-13(6-8-20)26-17(23)24/h1-4,13-14H,5-10H2,(H3,18,19)(H,23,24). The molecule has 4 N–H and O–H groups in total. The number of carbonyl (C=O) groups is 2. The predicted molar refractivity (Wildman–Crippen MR) is 93.6 cm³/mol. The summed E-state index contributed by atoms with van der Waals surface area (Å²) in [6.45, 7) is 2.47. The lowest BCUT2D eigenvalue weighted by Gasteiger charge is -2.31.